The van der Waals surface area contributed by atoms with Gasteiger partial charge in [0.05, 0.1) is 10.7 Å². The van der Waals surface area contributed by atoms with Crippen LogP contribution in [-0.4, -0.2) is 45.4 Å². The Morgan fingerprint density at radius 2 is 1.82 bits per heavy atom. The number of anilines is 1. The Kier molecular flexibility index (Phi) is 6.27. The van der Waals surface area contributed by atoms with E-state index in [1.807, 2.05) is 19.1 Å². The third-order valence-corrected chi connectivity index (χ3v) is 6.77. The van der Waals surface area contributed by atoms with Crippen molar-refractivity contribution >= 4 is 33.2 Å². The number of likely N-dealkylation sites (tertiary alicyclic amines) is 1. The minimum absolute atomic E-state index is 0.0666. The van der Waals surface area contributed by atoms with Crippen LogP contribution in [0.2, 0.25) is 5.02 Å². The van der Waals surface area contributed by atoms with Crippen LogP contribution in [0, 0.1) is 6.92 Å². The summed E-state index contributed by atoms with van der Waals surface area (Å²) in [7, 11) is -1.88. The second-order valence-corrected chi connectivity index (χ2v) is 9.17. The molecule has 0 unspecified atom stereocenters. The molecule has 6 nitrogen and oxygen atoms in total. The van der Waals surface area contributed by atoms with Crippen LogP contribution in [0.4, 0.5) is 5.69 Å². The van der Waals surface area contributed by atoms with Crippen LogP contribution >= 0.6 is 11.6 Å². The number of amides is 1. The zero-order valence-corrected chi connectivity index (χ0v) is 17.5. The molecule has 2 aromatic rings. The van der Waals surface area contributed by atoms with Gasteiger partial charge >= 0.3 is 0 Å². The van der Waals surface area contributed by atoms with E-state index < -0.39 is 10.0 Å². The number of rotatable bonds is 5. The Labute approximate surface area is 170 Å². The van der Waals surface area contributed by atoms with Gasteiger partial charge in [-0.25, -0.2) is 8.42 Å². The number of para-hydroxylation sites is 1. The van der Waals surface area contributed by atoms with E-state index in [0.29, 0.717) is 5.69 Å². The molecule has 1 heterocycles. The monoisotopic (exact) mass is 421 g/mol. The van der Waals surface area contributed by atoms with Gasteiger partial charge in [-0.15, -0.1) is 0 Å². The van der Waals surface area contributed by atoms with Gasteiger partial charge in [0.15, 0.2) is 0 Å². The lowest BCUT2D eigenvalue weighted by molar-refractivity contribution is 0.0916. The standard InChI is InChI=1S/C20H24ClN3O3S/c1-14-5-3-4-6-18(14)23-28(26,27)19-13-15(7-8-17(19)21)20(25)22-16-9-11-24(2)12-10-16/h3-8,13,16,23H,9-12H2,1-2H3,(H,22,25). The molecule has 2 N–H and O–H groups in total. The predicted molar refractivity (Wildman–Crippen MR) is 111 cm³/mol. The fourth-order valence-corrected chi connectivity index (χ4v) is 4.82. The number of hydrogen-bond acceptors (Lipinski definition) is 4. The van der Waals surface area contributed by atoms with Crippen molar-refractivity contribution in [1.29, 1.82) is 0 Å². The Morgan fingerprint density at radius 1 is 1.14 bits per heavy atom. The van der Waals surface area contributed by atoms with Gasteiger partial charge in [0.1, 0.15) is 4.90 Å². The zero-order valence-electron chi connectivity index (χ0n) is 15.9. The lowest BCUT2D eigenvalue weighted by Crippen LogP contribution is -2.43. The summed E-state index contributed by atoms with van der Waals surface area (Å²) in [6.45, 7) is 3.65. The summed E-state index contributed by atoms with van der Waals surface area (Å²) in [4.78, 5) is 14.7. The minimum Gasteiger partial charge on any atom is -0.349 e. The molecule has 0 spiro atoms. The average molecular weight is 422 g/mol. The third kappa shape index (κ3) is 4.84. The molecule has 1 fully saturated rings. The van der Waals surface area contributed by atoms with Gasteiger partial charge in [0.25, 0.3) is 15.9 Å². The van der Waals surface area contributed by atoms with Crippen molar-refractivity contribution in [2.24, 2.45) is 0 Å². The van der Waals surface area contributed by atoms with Crippen LogP contribution in [0.3, 0.4) is 0 Å². The fraction of sp³-hybridized carbons (Fsp3) is 0.350. The van der Waals surface area contributed by atoms with E-state index in [-0.39, 0.29) is 27.4 Å². The molecule has 1 aliphatic heterocycles. The molecule has 0 atom stereocenters. The van der Waals surface area contributed by atoms with Gasteiger partial charge in [0.2, 0.25) is 0 Å². The van der Waals surface area contributed by atoms with E-state index in [0.717, 1.165) is 31.5 Å². The highest BCUT2D eigenvalue weighted by molar-refractivity contribution is 7.92. The lowest BCUT2D eigenvalue weighted by atomic mass is 10.0. The van der Waals surface area contributed by atoms with Crippen LogP contribution in [0.15, 0.2) is 47.4 Å². The van der Waals surface area contributed by atoms with E-state index in [2.05, 4.69) is 22.0 Å². The van der Waals surface area contributed by atoms with Crippen molar-refractivity contribution in [2.75, 3.05) is 24.9 Å². The number of halogens is 1. The number of carbonyl (C=O) groups is 1. The number of piperidine rings is 1. The second kappa shape index (κ2) is 8.51. The smallest absolute Gasteiger partial charge is 0.263 e. The molecular weight excluding hydrogens is 398 g/mol. The van der Waals surface area contributed by atoms with Gasteiger partial charge in [-0.3, -0.25) is 9.52 Å². The molecule has 0 saturated carbocycles. The number of aryl methyl sites for hydroxylation is 1. The molecule has 8 heteroatoms. The lowest BCUT2D eigenvalue weighted by Gasteiger charge is -2.29. The largest absolute Gasteiger partial charge is 0.349 e. The first-order chi connectivity index (χ1) is 13.3. The molecule has 3 rings (SSSR count). The first-order valence-electron chi connectivity index (χ1n) is 9.13. The molecule has 0 aliphatic carbocycles. The number of hydrogen-bond donors (Lipinski definition) is 2. The highest BCUT2D eigenvalue weighted by Gasteiger charge is 2.23. The number of nitrogens with one attached hydrogen (secondary N) is 2. The van der Waals surface area contributed by atoms with Crippen molar-refractivity contribution < 1.29 is 13.2 Å². The molecular formula is C20H24ClN3O3S. The van der Waals surface area contributed by atoms with Crippen LogP contribution in [-0.2, 0) is 10.0 Å². The summed E-state index contributed by atoms with van der Waals surface area (Å²) in [5, 5.41) is 3.06. The van der Waals surface area contributed by atoms with Gasteiger partial charge in [-0.05, 0) is 69.7 Å². The maximum atomic E-state index is 12.8. The first-order valence-corrected chi connectivity index (χ1v) is 11.0. The predicted octanol–water partition coefficient (Wildman–Crippen LogP) is 3.27. The van der Waals surface area contributed by atoms with E-state index in [1.165, 1.54) is 12.1 Å². The Bertz CT molecular complexity index is 970. The Hall–Kier alpha value is -2.09. The fourth-order valence-electron chi connectivity index (χ4n) is 3.16. The van der Waals surface area contributed by atoms with Crippen molar-refractivity contribution in [3.05, 3.63) is 58.6 Å². The van der Waals surface area contributed by atoms with E-state index in [4.69, 9.17) is 11.6 Å². The number of nitrogens with zero attached hydrogens (tertiary/aromatic N) is 1. The molecule has 1 saturated heterocycles. The van der Waals surface area contributed by atoms with Crippen LogP contribution in [0.25, 0.3) is 0 Å². The third-order valence-electron chi connectivity index (χ3n) is 4.93. The molecule has 1 aliphatic rings. The first kappa shape index (κ1) is 20.6. The quantitative estimate of drug-likeness (QED) is 0.776. The zero-order chi connectivity index (χ0) is 20.3. The number of carbonyl (C=O) groups excluding carboxylic acids is 1. The maximum absolute atomic E-state index is 12.8. The molecule has 28 heavy (non-hydrogen) atoms. The number of benzene rings is 2. The summed E-state index contributed by atoms with van der Waals surface area (Å²) >= 11 is 6.14. The van der Waals surface area contributed by atoms with E-state index >= 15 is 0 Å². The molecule has 0 aromatic heterocycles. The number of sulfonamides is 1. The van der Waals surface area contributed by atoms with Gasteiger partial charge in [0, 0.05) is 11.6 Å². The van der Waals surface area contributed by atoms with Crippen molar-refractivity contribution in [1.82, 2.24) is 10.2 Å². The molecule has 1 amide bonds. The maximum Gasteiger partial charge on any atom is 0.263 e. The van der Waals surface area contributed by atoms with Crippen molar-refractivity contribution in [3.8, 4) is 0 Å². The minimum atomic E-state index is -3.93. The van der Waals surface area contributed by atoms with E-state index in [1.54, 1.807) is 18.2 Å². The highest BCUT2D eigenvalue weighted by Crippen LogP contribution is 2.26. The van der Waals surface area contributed by atoms with Crippen molar-refractivity contribution in [2.45, 2.75) is 30.7 Å². The van der Waals surface area contributed by atoms with Crippen LogP contribution in [0.5, 0.6) is 0 Å². The summed E-state index contributed by atoms with van der Waals surface area (Å²) < 4.78 is 28.2. The van der Waals surface area contributed by atoms with Crippen LogP contribution in [0.1, 0.15) is 28.8 Å². The Balaban J connectivity index is 1.80. The van der Waals surface area contributed by atoms with E-state index in [9.17, 15) is 13.2 Å². The molecule has 0 bridgehead atoms. The summed E-state index contributed by atoms with van der Waals surface area (Å²) in [6, 6.07) is 11.5. The van der Waals surface area contributed by atoms with Crippen molar-refractivity contribution in [3.63, 3.8) is 0 Å². The molecule has 2 aromatic carbocycles. The average Bonchev–Trinajstić information content (AvgIpc) is 2.65. The summed E-state index contributed by atoms with van der Waals surface area (Å²) in [5.74, 6) is -0.293. The molecule has 150 valence electrons. The van der Waals surface area contributed by atoms with Gasteiger partial charge in [-0.2, -0.15) is 0 Å². The summed E-state index contributed by atoms with van der Waals surface area (Å²) in [6.07, 6.45) is 1.74. The van der Waals surface area contributed by atoms with Gasteiger partial charge in [-0.1, -0.05) is 29.8 Å². The topological polar surface area (TPSA) is 78.5 Å². The Morgan fingerprint density at radius 3 is 2.50 bits per heavy atom. The summed E-state index contributed by atoms with van der Waals surface area (Å²) in [5.41, 5.74) is 1.53. The SMILES string of the molecule is Cc1ccccc1NS(=O)(=O)c1cc(C(=O)NC2CCN(C)CC2)ccc1Cl. The second-order valence-electron chi connectivity index (χ2n) is 7.12. The highest BCUT2D eigenvalue weighted by atomic mass is 35.5. The molecule has 0 radical (unpaired) electrons. The van der Waals surface area contributed by atoms with Crippen LogP contribution < -0.4 is 10.0 Å². The normalized spacial score (nSPS) is 16.0. The van der Waals surface area contributed by atoms with Gasteiger partial charge < -0.3 is 10.2 Å².